The SMILES string of the molecule is Cc1cc2nc(-c3ccc4nc(NN)sc4c3)oc2cc1C. The van der Waals surface area contributed by atoms with Crippen molar-refractivity contribution in [2.24, 2.45) is 5.84 Å². The number of hydrogen-bond donors (Lipinski definition) is 2. The molecule has 110 valence electrons. The lowest BCUT2D eigenvalue weighted by Crippen LogP contribution is -2.05. The van der Waals surface area contributed by atoms with E-state index in [2.05, 4.69) is 35.3 Å². The molecule has 3 N–H and O–H groups in total. The van der Waals surface area contributed by atoms with Crippen molar-refractivity contribution in [2.45, 2.75) is 13.8 Å². The maximum absolute atomic E-state index is 5.90. The molecule has 22 heavy (non-hydrogen) atoms. The van der Waals surface area contributed by atoms with Crippen molar-refractivity contribution in [3.8, 4) is 11.5 Å². The van der Waals surface area contributed by atoms with Crippen LogP contribution < -0.4 is 11.3 Å². The van der Waals surface area contributed by atoms with Crippen molar-refractivity contribution in [1.82, 2.24) is 9.97 Å². The topological polar surface area (TPSA) is 77.0 Å². The third-order valence-corrected chi connectivity index (χ3v) is 4.71. The minimum atomic E-state index is 0.623. The zero-order chi connectivity index (χ0) is 15.3. The van der Waals surface area contributed by atoms with E-state index >= 15 is 0 Å². The predicted molar refractivity (Wildman–Crippen MR) is 89.9 cm³/mol. The first-order valence-electron chi connectivity index (χ1n) is 6.89. The number of hydrogen-bond acceptors (Lipinski definition) is 6. The first kappa shape index (κ1) is 13.2. The van der Waals surface area contributed by atoms with Gasteiger partial charge in [0.15, 0.2) is 10.7 Å². The van der Waals surface area contributed by atoms with Gasteiger partial charge in [-0.3, -0.25) is 5.43 Å². The molecule has 0 amide bonds. The Morgan fingerprint density at radius 3 is 2.68 bits per heavy atom. The summed E-state index contributed by atoms with van der Waals surface area (Å²) in [6.45, 7) is 4.15. The lowest BCUT2D eigenvalue weighted by Gasteiger charge is -1.96. The summed E-state index contributed by atoms with van der Waals surface area (Å²) in [4.78, 5) is 8.96. The average molecular weight is 310 g/mol. The van der Waals surface area contributed by atoms with E-state index < -0.39 is 0 Å². The molecule has 0 aliphatic rings. The summed E-state index contributed by atoms with van der Waals surface area (Å²) in [6.07, 6.45) is 0. The molecule has 0 unspecified atom stereocenters. The monoisotopic (exact) mass is 310 g/mol. The van der Waals surface area contributed by atoms with Gasteiger partial charge in [-0.15, -0.1) is 0 Å². The van der Waals surface area contributed by atoms with Gasteiger partial charge in [-0.2, -0.15) is 0 Å². The van der Waals surface area contributed by atoms with Gasteiger partial charge in [-0.25, -0.2) is 15.8 Å². The van der Waals surface area contributed by atoms with Crippen molar-refractivity contribution in [3.63, 3.8) is 0 Å². The summed E-state index contributed by atoms with van der Waals surface area (Å²) in [7, 11) is 0. The summed E-state index contributed by atoms with van der Waals surface area (Å²) < 4.78 is 6.95. The van der Waals surface area contributed by atoms with Crippen LogP contribution in [0.3, 0.4) is 0 Å². The fourth-order valence-corrected chi connectivity index (χ4v) is 3.24. The van der Waals surface area contributed by atoms with E-state index in [1.807, 2.05) is 24.3 Å². The highest BCUT2D eigenvalue weighted by atomic mass is 32.1. The van der Waals surface area contributed by atoms with Crippen molar-refractivity contribution >= 4 is 37.8 Å². The quantitative estimate of drug-likeness (QED) is 0.432. The highest BCUT2D eigenvalue weighted by Gasteiger charge is 2.11. The molecule has 2 aromatic carbocycles. The number of fused-ring (bicyclic) bond motifs is 2. The van der Waals surface area contributed by atoms with Crippen LogP contribution in [0.4, 0.5) is 5.13 Å². The lowest BCUT2D eigenvalue weighted by molar-refractivity contribution is 0.619. The second-order valence-corrected chi connectivity index (χ2v) is 6.30. The molecule has 0 aliphatic heterocycles. The van der Waals surface area contributed by atoms with E-state index in [1.54, 1.807) is 0 Å². The largest absolute Gasteiger partial charge is 0.436 e. The van der Waals surface area contributed by atoms with Crippen LogP contribution in [0.25, 0.3) is 32.8 Å². The van der Waals surface area contributed by atoms with Gasteiger partial charge in [0.2, 0.25) is 5.89 Å². The van der Waals surface area contributed by atoms with Crippen LogP contribution >= 0.6 is 11.3 Å². The fraction of sp³-hybridized carbons (Fsp3) is 0.125. The second-order valence-electron chi connectivity index (χ2n) is 5.27. The molecular weight excluding hydrogens is 296 g/mol. The van der Waals surface area contributed by atoms with Gasteiger partial charge < -0.3 is 4.42 Å². The maximum Gasteiger partial charge on any atom is 0.227 e. The van der Waals surface area contributed by atoms with E-state index in [9.17, 15) is 0 Å². The maximum atomic E-state index is 5.90. The van der Waals surface area contributed by atoms with Crippen LogP contribution in [0, 0.1) is 13.8 Å². The van der Waals surface area contributed by atoms with Crippen LogP contribution in [0.1, 0.15) is 11.1 Å². The first-order chi connectivity index (χ1) is 10.6. The molecule has 0 aliphatic carbocycles. The number of oxazole rings is 1. The molecule has 0 fully saturated rings. The fourth-order valence-electron chi connectivity index (χ4n) is 2.42. The van der Waals surface area contributed by atoms with E-state index in [0.717, 1.165) is 26.9 Å². The number of benzene rings is 2. The Hall–Kier alpha value is -2.44. The Balaban J connectivity index is 1.86. The van der Waals surface area contributed by atoms with E-state index in [0.29, 0.717) is 11.0 Å². The number of aromatic nitrogens is 2. The van der Waals surface area contributed by atoms with Crippen molar-refractivity contribution in [2.75, 3.05) is 5.43 Å². The minimum absolute atomic E-state index is 0.623. The van der Waals surface area contributed by atoms with E-state index in [-0.39, 0.29) is 0 Å². The number of hydrazine groups is 1. The molecule has 4 rings (SSSR count). The third-order valence-electron chi connectivity index (χ3n) is 3.76. The summed E-state index contributed by atoms with van der Waals surface area (Å²) in [5.74, 6) is 6.03. The summed E-state index contributed by atoms with van der Waals surface area (Å²) in [6, 6.07) is 10.0. The Labute approximate surface area is 130 Å². The van der Waals surface area contributed by atoms with Gasteiger partial charge in [0.1, 0.15) is 5.52 Å². The van der Waals surface area contributed by atoms with Crippen LogP contribution in [-0.4, -0.2) is 9.97 Å². The molecule has 0 bridgehead atoms. The van der Waals surface area contributed by atoms with Gasteiger partial charge >= 0.3 is 0 Å². The number of nitrogens with one attached hydrogen (secondary N) is 1. The number of rotatable bonds is 2. The Kier molecular flexibility index (Phi) is 2.88. The third kappa shape index (κ3) is 2.04. The molecule has 0 radical (unpaired) electrons. The molecule has 0 saturated heterocycles. The number of nitrogens with two attached hydrogens (primary N) is 1. The summed E-state index contributed by atoms with van der Waals surface area (Å²) >= 11 is 1.50. The molecule has 5 nitrogen and oxygen atoms in total. The Bertz CT molecular complexity index is 963. The normalized spacial score (nSPS) is 11.4. The predicted octanol–water partition coefficient (Wildman–Crippen LogP) is 4.01. The number of aryl methyl sites for hydroxylation is 2. The van der Waals surface area contributed by atoms with Crippen LogP contribution in [0.5, 0.6) is 0 Å². The zero-order valence-corrected chi connectivity index (χ0v) is 13.0. The molecule has 0 spiro atoms. The smallest absolute Gasteiger partial charge is 0.227 e. The molecule has 0 atom stereocenters. The van der Waals surface area contributed by atoms with Crippen LogP contribution in [0.15, 0.2) is 34.7 Å². The van der Waals surface area contributed by atoms with Gasteiger partial charge in [-0.1, -0.05) is 11.3 Å². The van der Waals surface area contributed by atoms with Gasteiger partial charge in [-0.05, 0) is 55.3 Å². The number of nitrogen functional groups attached to an aromatic ring is 1. The Morgan fingerprint density at radius 2 is 1.86 bits per heavy atom. The molecule has 4 aromatic rings. The summed E-state index contributed by atoms with van der Waals surface area (Å²) in [5.41, 5.74) is 8.53. The summed E-state index contributed by atoms with van der Waals surface area (Å²) in [5, 5.41) is 0.691. The van der Waals surface area contributed by atoms with Crippen molar-refractivity contribution < 1.29 is 4.42 Å². The number of nitrogens with zero attached hydrogens (tertiary/aromatic N) is 2. The van der Waals surface area contributed by atoms with Crippen LogP contribution in [-0.2, 0) is 0 Å². The van der Waals surface area contributed by atoms with Crippen molar-refractivity contribution in [1.29, 1.82) is 0 Å². The number of thiazole rings is 1. The van der Waals surface area contributed by atoms with E-state index in [1.165, 1.54) is 22.5 Å². The molecule has 6 heteroatoms. The Morgan fingerprint density at radius 1 is 1.05 bits per heavy atom. The van der Waals surface area contributed by atoms with Gasteiger partial charge in [0.05, 0.1) is 10.2 Å². The zero-order valence-electron chi connectivity index (χ0n) is 12.2. The highest BCUT2D eigenvalue weighted by molar-refractivity contribution is 7.22. The molecule has 2 aromatic heterocycles. The van der Waals surface area contributed by atoms with E-state index in [4.69, 9.17) is 10.3 Å². The van der Waals surface area contributed by atoms with Gasteiger partial charge in [0, 0.05) is 5.56 Å². The molecule has 2 heterocycles. The second kappa shape index (κ2) is 4.79. The molecule has 0 saturated carbocycles. The first-order valence-corrected chi connectivity index (χ1v) is 7.71. The van der Waals surface area contributed by atoms with Crippen molar-refractivity contribution in [3.05, 3.63) is 41.5 Å². The van der Waals surface area contributed by atoms with Gasteiger partial charge in [0.25, 0.3) is 0 Å². The highest BCUT2D eigenvalue weighted by Crippen LogP contribution is 2.31. The standard InChI is InChI=1S/C16H14N4OS/c1-8-5-12-13(6-9(8)2)21-15(18-12)10-3-4-11-14(7-10)22-16(19-11)20-17/h3-7H,17H2,1-2H3,(H,19,20). The lowest BCUT2D eigenvalue weighted by atomic mass is 10.1. The van der Waals surface area contributed by atoms with Crippen LogP contribution in [0.2, 0.25) is 0 Å². The number of anilines is 1. The average Bonchev–Trinajstić information content (AvgIpc) is 3.10. The minimum Gasteiger partial charge on any atom is -0.436 e. The molecular formula is C16H14N4OS.